The third-order valence-corrected chi connectivity index (χ3v) is 3.20. The molecule has 0 unspecified atom stereocenters. The lowest BCUT2D eigenvalue weighted by Crippen LogP contribution is -1.97. The van der Waals surface area contributed by atoms with Gasteiger partial charge in [0.2, 0.25) is 0 Å². The van der Waals surface area contributed by atoms with Crippen LogP contribution in [0, 0.1) is 6.92 Å². The Hall–Kier alpha value is -1.68. The lowest BCUT2D eigenvalue weighted by atomic mass is 10.2. The molecule has 0 atom stereocenters. The summed E-state index contributed by atoms with van der Waals surface area (Å²) < 4.78 is 0. The highest BCUT2D eigenvalue weighted by molar-refractivity contribution is 7.98. The van der Waals surface area contributed by atoms with Gasteiger partial charge in [0, 0.05) is 10.6 Å². The number of hydrogen-bond donors (Lipinski definition) is 2. The minimum Gasteiger partial charge on any atom is -0.397 e. The number of rotatable bonds is 3. The van der Waals surface area contributed by atoms with E-state index in [1.54, 1.807) is 18.0 Å². The number of nitrogens with two attached hydrogens (primary N) is 1. The van der Waals surface area contributed by atoms with E-state index in [9.17, 15) is 0 Å². The van der Waals surface area contributed by atoms with Gasteiger partial charge in [0.1, 0.15) is 5.82 Å². The van der Waals surface area contributed by atoms with Crippen LogP contribution in [0.4, 0.5) is 17.2 Å². The number of thioether (sulfide) groups is 1. The van der Waals surface area contributed by atoms with Crippen LogP contribution in [0.2, 0.25) is 0 Å². The van der Waals surface area contributed by atoms with Gasteiger partial charge in [0.25, 0.3) is 0 Å². The highest BCUT2D eigenvalue weighted by Crippen LogP contribution is 2.22. The van der Waals surface area contributed by atoms with Crippen LogP contribution in [-0.2, 0) is 0 Å². The number of aryl methyl sites for hydroxylation is 1. The van der Waals surface area contributed by atoms with E-state index in [-0.39, 0.29) is 0 Å². The minimum atomic E-state index is 0.686. The molecule has 0 bridgehead atoms. The number of aromatic nitrogens is 1. The smallest absolute Gasteiger partial charge is 0.133 e. The first-order chi connectivity index (χ1) is 8.19. The zero-order valence-corrected chi connectivity index (χ0v) is 10.7. The number of hydrogen-bond acceptors (Lipinski definition) is 4. The number of nitrogens with one attached hydrogen (secondary N) is 1. The lowest BCUT2D eigenvalue weighted by molar-refractivity contribution is 1.26. The summed E-state index contributed by atoms with van der Waals surface area (Å²) in [5.41, 5.74) is 8.42. The molecule has 2 aromatic rings. The number of benzene rings is 1. The molecule has 2 rings (SSSR count). The van der Waals surface area contributed by atoms with Gasteiger partial charge < -0.3 is 11.1 Å². The summed E-state index contributed by atoms with van der Waals surface area (Å²) in [5.74, 6) is 0.844. The van der Waals surface area contributed by atoms with Crippen molar-refractivity contribution in [2.24, 2.45) is 0 Å². The van der Waals surface area contributed by atoms with E-state index in [0.717, 1.165) is 17.1 Å². The molecule has 0 amide bonds. The third-order valence-electron chi connectivity index (χ3n) is 2.45. The zero-order valence-electron chi connectivity index (χ0n) is 9.90. The summed E-state index contributed by atoms with van der Waals surface area (Å²) >= 11 is 1.73. The Morgan fingerprint density at radius 3 is 2.53 bits per heavy atom. The van der Waals surface area contributed by atoms with Gasteiger partial charge >= 0.3 is 0 Å². The van der Waals surface area contributed by atoms with Crippen molar-refractivity contribution in [1.29, 1.82) is 0 Å². The van der Waals surface area contributed by atoms with Crippen LogP contribution in [-0.4, -0.2) is 11.2 Å². The van der Waals surface area contributed by atoms with Crippen LogP contribution in [0.3, 0.4) is 0 Å². The second-order valence-electron chi connectivity index (χ2n) is 3.79. The first kappa shape index (κ1) is 11.8. The Labute approximate surface area is 105 Å². The Bertz CT molecular complexity index is 509. The quantitative estimate of drug-likeness (QED) is 0.813. The third kappa shape index (κ3) is 2.91. The molecule has 4 heteroatoms. The predicted octanol–water partition coefficient (Wildman–Crippen LogP) is 3.44. The predicted molar refractivity (Wildman–Crippen MR) is 74.9 cm³/mol. The van der Waals surface area contributed by atoms with Crippen molar-refractivity contribution in [3.05, 3.63) is 42.1 Å². The molecule has 88 valence electrons. The van der Waals surface area contributed by atoms with Crippen molar-refractivity contribution < 1.29 is 0 Å². The molecule has 0 radical (unpaired) electrons. The molecule has 1 aromatic carbocycles. The number of anilines is 3. The van der Waals surface area contributed by atoms with E-state index in [0.29, 0.717) is 5.69 Å². The average Bonchev–Trinajstić information content (AvgIpc) is 2.34. The van der Waals surface area contributed by atoms with Crippen molar-refractivity contribution in [2.75, 3.05) is 17.3 Å². The fraction of sp³-hybridized carbons (Fsp3) is 0.154. The lowest BCUT2D eigenvalue weighted by Gasteiger charge is -2.09. The first-order valence-electron chi connectivity index (χ1n) is 5.32. The van der Waals surface area contributed by atoms with Crippen molar-refractivity contribution >= 4 is 29.0 Å². The van der Waals surface area contributed by atoms with Gasteiger partial charge in [-0.1, -0.05) is 0 Å². The second-order valence-corrected chi connectivity index (χ2v) is 4.67. The standard InChI is InChI=1S/C13H15N3S/c1-9-7-10(14)8-15-13(9)16-11-3-5-12(17-2)6-4-11/h3-8H,14H2,1-2H3,(H,15,16). The van der Waals surface area contributed by atoms with E-state index >= 15 is 0 Å². The molecule has 0 aliphatic carbocycles. The summed E-state index contributed by atoms with van der Waals surface area (Å²) in [6.45, 7) is 1.99. The monoisotopic (exact) mass is 245 g/mol. The van der Waals surface area contributed by atoms with E-state index in [1.165, 1.54) is 4.90 Å². The molecule has 3 N–H and O–H groups in total. The summed E-state index contributed by atoms with van der Waals surface area (Å²) in [4.78, 5) is 5.52. The van der Waals surface area contributed by atoms with Gasteiger partial charge in [-0.15, -0.1) is 11.8 Å². The van der Waals surface area contributed by atoms with Crippen LogP contribution >= 0.6 is 11.8 Å². The van der Waals surface area contributed by atoms with Crippen molar-refractivity contribution in [1.82, 2.24) is 4.98 Å². The fourth-order valence-corrected chi connectivity index (χ4v) is 1.95. The maximum atomic E-state index is 5.67. The molecule has 0 saturated carbocycles. The molecule has 0 saturated heterocycles. The van der Waals surface area contributed by atoms with E-state index in [2.05, 4.69) is 28.7 Å². The normalized spacial score (nSPS) is 10.2. The summed E-state index contributed by atoms with van der Waals surface area (Å²) in [7, 11) is 0. The SMILES string of the molecule is CSc1ccc(Nc2ncc(N)cc2C)cc1. The largest absolute Gasteiger partial charge is 0.397 e. The number of nitrogen functional groups attached to an aromatic ring is 1. The molecule has 0 spiro atoms. The van der Waals surface area contributed by atoms with E-state index < -0.39 is 0 Å². The fourth-order valence-electron chi connectivity index (χ4n) is 1.54. The molecular formula is C13H15N3S. The van der Waals surface area contributed by atoms with Gasteiger partial charge in [-0.25, -0.2) is 4.98 Å². The topological polar surface area (TPSA) is 50.9 Å². The molecule has 1 aromatic heterocycles. The Kier molecular flexibility index (Phi) is 3.54. The second kappa shape index (κ2) is 5.10. The Morgan fingerprint density at radius 2 is 1.94 bits per heavy atom. The highest BCUT2D eigenvalue weighted by atomic mass is 32.2. The van der Waals surface area contributed by atoms with Gasteiger partial charge in [-0.05, 0) is 49.1 Å². The van der Waals surface area contributed by atoms with Crippen LogP contribution in [0.25, 0.3) is 0 Å². The van der Waals surface area contributed by atoms with E-state index in [1.807, 2.05) is 25.1 Å². The van der Waals surface area contributed by atoms with Crippen LogP contribution in [0.5, 0.6) is 0 Å². The van der Waals surface area contributed by atoms with Crippen molar-refractivity contribution in [3.63, 3.8) is 0 Å². The molecule has 0 aliphatic heterocycles. The molecule has 17 heavy (non-hydrogen) atoms. The molecule has 0 fully saturated rings. The average molecular weight is 245 g/mol. The summed E-state index contributed by atoms with van der Waals surface area (Å²) in [5, 5.41) is 3.27. The minimum absolute atomic E-state index is 0.686. The van der Waals surface area contributed by atoms with Crippen LogP contribution in [0.15, 0.2) is 41.4 Å². The molecule has 0 aliphatic rings. The summed E-state index contributed by atoms with van der Waals surface area (Å²) in [6, 6.07) is 10.2. The maximum Gasteiger partial charge on any atom is 0.133 e. The van der Waals surface area contributed by atoms with Gasteiger partial charge in [0.05, 0.1) is 11.9 Å². The first-order valence-corrected chi connectivity index (χ1v) is 6.54. The van der Waals surface area contributed by atoms with Crippen LogP contribution < -0.4 is 11.1 Å². The maximum absolute atomic E-state index is 5.67. The van der Waals surface area contributed by atoms with Gasteiger partial charge in [0.15, 0.2) is 0 Å². The Morgan fingerprint density at radius 1 is 1.24 bits per heavy atom. The zero-order chi connectivity index (χ0) is 12.3. The highest BCUT2D eigenvalue weighted by Gasteiger charge is 2.01. The Balaban J connectivity index is 2.19. The van der Waals surface area contributed by atoms with Crippen molar-refractivity contribution in [2.45, 2.75) is 11.8 Å². The number of nitrogens with zero attached hydrogens (tertiary/aromatic N) is 1. The molecule has 1 heterocycles. The number of pyridine rings is 1. The van der Waals surface area contributed by atoms with Gasteiger partial charge in [-0.2, -0.15) is 0 Å². The molecule has 3 nitrogen and oxygen atoms in total. The van der Waals surface area contributed by atoms with Gasteiger partial charge in [-0.3, -0.25) is 0 Å². The molecular weight excluding hydrogens is 230 g/mol. The van der Waals surface area contributed by atoms with E-state index in [4.69, 9.17) is 5.73 Å². The van der Waals surface area contributed by atoms with Crippen LogP contribution in [0.1, 0.15) is 5.56 Å². The summed E-state index contributed by atoms with van der Waals surface area (Å²) in [6.07, 6.45) is 3.72. The van der Waals surface area contributed by atoms with Crippen molar-refractivity contribution in [3.8, 4) is 0 Å².